The maximum atomic E-state index is 3.72. The summed E-state index contributed by atoms with van der Waals surface area (Å²) in [5, 5.41) is 3.72. The molecule has 0 bridgehead atoms. The van der Waals surface area contributed by atoms with Gasteiger partial charge in [-0.1, -0.05) is 49.7 Å². The molecule has 0 radical (unpaired) electrons. The Morgan fingerprint density at radius 1 is 1.20 bits per heavy atom. The summed E-state index contributed by atoms with van der Waals surface area (Å²) in [6.45, 7) is 13.5. The number of aryl methyl sites for hydroxylation is 1. The lowest BCUT2D eigenvalue weighted by Gasteiger charge is -2.45. The molecule has 1 aromatic rings. The van der Waals surface area contributed by atoms with Crippen LogP contribution in [0.5, 0.6) is 0 Å². The van der Waals surface area contributed by atoms with E-state index < -0.39 is 0 Å². The molecule has 1 aromatic carbocycles. The summed E-state index contributed by atoms with van der Waals surface area (Å²) in [4.78, 5) is 2.59. The predicted molar refractivity (Wildman–Crippen MR) is 91.5 cm³/mol. The molecular weight excluding hydrogens is 312 g/mol. The molecule has 2 unspecified atom stereocenters. The number of anilines is 1. The topological polar surface area (TPSA) is 15.3 Å². The second-order valence-electron chi connectivity index (χ2n) is 6.66. The number of piperazine rings is 1. The number of rotatable bonds is 3. The number of nitrogens with one attached hydrogen (secondary N) is 1. The Hall–Kier alpha value is -0.540. The van der Waals surface area contributed by atoms with Crippen LogP contribution in [0.3, 0.4) is 0 Å². The quantitative estimate of drug-likeness (QED) is 0.887. The van der Waals surface area contributed by atoms with Crippen molar-refractivity contribution in [2.45, 2.75) is 46.7 Å². The standard InChI is InChI=1S/C17H27BrN2/c1-11(2)16-10-20(17(9-19-16)12(3)4)14-7-6-13(5)15(18)8-14/h6-8,11-12,16-17,19H,9-10H2,1-5H3. The molecule has 0 spiro atoms. The van der Waals surface area contributed by atoms with Gasteiger partial charge in [-0.25, -0.2) is 0 Å². The van der Waals surface area contributed by atoms with Crippen LogP contribution in [0.15, 0.2) is 22.7 Å². The summed E-state index contributed by atoms with van der Waals surface area (Å²) >= 11 is 3.67. The third kappa shape index (κ3) is 3.37. The van der Waals surface area contributed by atoms with Crippen LogP contribution in [0.2, 0.25) is 0 Å². The molecule has 1 N–H and O–H groups in total. The minimum absolute atomic E-state index is 0.569. The van der Waals surface area contributed by atoms with Crippen molar-refractivity contribution >= 4 is 21.6 Å². The lowest BCUT2D eigenvalue weighted by molar-refractivity contribution is 0.295. The second-order valence-corrected chi connectivity index (χ2v) is 7.51. The zero-order chi connectivity index (χ0) is 14.9. The van der Waals surface area contributed by atoms with Gasteiger partial charge in [0.05, 0.1) is 0 Å². The van der Waals surface area contributed by atoms with Crippen LogP contribution in [-0.2, 0) is 0 Å². The Balaban J connectivity index is 2.28. The normalized spacial score (nSPS) is 23.7. The summed E-state index contributed by atoms with van der Waals surface area (Å²) in [6.07, 6.45) is 0. The molecule has 1 aliphatic heterocycles. The van der Waals surface area contributed by atoms with E-state index in [2.05, 4.69) is 79.0 Å². The average Bonchev–Trinajstić information content (AvgIpc) is 2.41. The molecule has 20 heavy (non-hydrogen) atoms. The number of benzene rings is 1. The first-order chi connectivity index (χ1) is 9.40. The zero-order valence-electron chi connectivity index (χ0n) is 13.3. The van der Waals surface area contributed by atoms with Gasteiger partial charge in [0, 0.05) is 35.3 Å². The average molecular weight is 339 g/mol. The predicted octanol–water partition coefficient (Wildman–Crippen LogP) is 4.22. The van der Waals surface area contributed by atoms with Gasteiger partial charge < -0.3 is 10.2 Å². The maximum Gasteiger partial charge on any atom is 0.0438 e. The van der Waals surface area contributed by atoms with Crippen molar-refractivity contribution in [2.24, 2.45) is 11.8 Å². The Morgan fingerprint density at radius 2 is 1.90 bits per heavy atom. The second kappa shape index (κ2) is 6.48. The van der Waals surface area contributed by atoms with Crippen molar-refractivity contribution in [1.82, 2.24) is 5.32 Å². The summed E-state index contributed by atoms with van der Waals surface area (Å²) in [5.74, 6) is 1.31. The van der Waals surface area contributed by atoms with Crippen molar-refractivity contribution in [3.8, 4) is 0 Å². The number of halogens is 1. The molecule has 1 fully saturated rings. The SMILES string of the molecule is Cc1ccc(N2CC(C(C)C)NCC2C(C)C)cc1Br. The van der Waals surface area contributed by atoms with Gasteiger partial charge in [-0.3, -0.25) is 0 Å². The molecule has 0 saturated carbocycles. The van der Waals surface area contributed by atoms with E-state index in [0.29, 0.717) is 23.9 Å². The lowest BCUT2D eigenvalue weighted by Crippen LogP contribution is -2.60. The summed E-state index contributed by atoms with van der Waals surface area (Å²) in [6, 6.07) is 7.89. The van der Waals surface area contributed by atoms with Crippen molar-refractivity contribution in [3.05, 3.63) is 28.2 Å². The smallest absolute Gasteiger partial charge is 0.0438 e. The first-order valence-corrected chi connectivity index (χ1v) is 8.45. The Kier molecular flexibility index (Phi) is 5.14. The largest absolute Gasteiger partial charge is 0.365 e. The van der Waals surface area contributed by atoms with Gasteiger partial charge in [0.25, 0.3) is 0 Å². The van der Waals surface area contributed by atoms with E-state index >= 15 is 0 Å². The molecular formula is C17H27BrN2. The van der Waals surface area contributed by atoms with E-state index in [4.69, 9.17) is 0 Å². The van der Waals surface area contributed by atoms with Crippen LogP contribution >= 0.6 is 15.9 Å². The highest BCUT2D eigenvalue weighted by atomic mass is 79.9. The van der Waals surface area contributed by atoms with Crippen LogP contribution in [-0.4, -0.2) is 25.2 Å². The fraction of sp³-hybridized carbons (Fsp3) is 0.647. The monoisotopic (exact) mass is 338 g/mol. The lowest BCUT2D eigenvalue weighted by atomic mass is 9.93. The third-order valence-electron chi connectivity index (χ3n) is 4.44. The maximum absolute atomic E-state index is 3.72. The molecule has 2 atom stereocenters. The highest BCUT2D eigenvalue weighted by molar-refractivity contribution is 9.10. The number of hydrogen-bond donors (Lipinski definition) is 1. The van der Waals surface area contributed by atoms with Gasteiger partial charge in [-0.15, -0.1) is 0 Å². The highest BCUT2D eigenvalue weighted by Crippen LogP contribution is 2.29. The third-order valence-corrected chi connectivity index (χ3v) is 5.30. The van der Waals surface area contributed by atoms with Crippen LogP contribution in [0.4, 0.5) is 5.69 Å². The summed E-state index contributed by atoms with van der Waals surface area (Å²) in [5.41, 5.74) is 2.64. The van der Waals surface area contributed by atoms with Gasteiger partial charge in [-0.05, 0) is 36.5 Å². The zero-order valence-corrected chi connectivity index (χ0v) is 14.9. The Morgan fingerprint density at radius 3 is 2.45 bits per heavy atom. The van der Waals surface area contributed by atoms with Gasteiger partial charge in [0.2, 0.25) is 0 Å². The summed E-state index contributed by atoms with van der Waals surface area (Å²) in [7, 11) is 0. The van der Waals surface area contributed by atoms with E-state index in [1.807, 2.05) is 0 Å². The molecule has 2 rings (SSSR count). The fourth-order valence-electron chi connectivity index (χ4n) is 2.89. The Labute approximate surface area is 132 Å². The summed E-state index contributed by atoms with van der Waals surface area (Å²) < 4.78 is 1.21. The van der Waals surface area contributed by atoms with E-state index in [0.717, 1.165) is 13.1 Å². The van der Waals surface area contributed by atoms with Crippen LogP contribution in [0, 0.1) is 18.8 Å². The van der Waals surface area contributed by atoms with Crippen LogP contribution < -0.4 is 10.2 Å². The molecule has 0 aromatic heterocycles. The molecule has 3 heteroatoms. The molecule has 0 aliphatic carbocycles. The molecule has 2 nitrogen and oxygen atoms in total. The minimum Gasteiger partial charge on any atom is -0.365 e. The van der Waals surface area contributed by atoms with E-state index in [1.54, 1.807) is 0 Å². The van der Waals surface area contributed by atoms with Gasteiger partial charge in [0.1, 0.15) is 0 Å². The van der Waals surface area contributed by atoms with E-state index in [9.17, 15) is 0 Å². The molecule has 0 amide bonds. The first kappa shape index (κ1) is 15.8. The molecule has 1 aliphatic rings. The Bertz CT molecular complexity index is 456. The van der Waals surface area contributed by atoms with E-state index in [1.165, 1.54) is 15.7 Å². The molecule has 1 saturated heterocycles. The molecule has 112 valence electrons. The van der Waals surface area contributed by atoms with Crippen molar-refractivity contribution in [2.75, 3.05) is 18.0 Å². The van der Waals surface area contributed by atoms with Gasteiger partial charge >= 0.3 is 0 Å². The van der Waals surface area contributed by atoms with Crippen molar-refractivity contribution < 1.29 is 0 Å². The fourth-order valence-corrected chi connectivity index (χ4v) is 3.26. The highest BCUT2D eigenvalue weighted by Gasteiger charge is 2.31. The van der Waals surface area contributed by atoms with Crippen LogP contribution in [0.1, 0.15) is 33.3 Å². The minimum atomic E-state index is 0.569. The number of nitrogens with zero attached hydrogens (tertiary/aromatic N) is 1. The van der Waals surface area contributed by atoms with Gasteiger partial charge in [-0.2, -0.15) is 0 Å². The number of hydrogen-bond acceptors (Lipinski definition) is 2. The van der Waals surface area contributed by atoms with E-state index in [-0.39, 0.29) is 0 Å². The molecule has 1 heterocycles. The van der Waals surface area contributed by atoms with Crippen molar-refractivity contribution in [3.63, 3.8) is 0 Å². The first-order valence-electron chi connectivity index (χ1n) is 7.66. The van der Waals surface area contributed by atoms with Gasteiger partial charge in [0.15, 0.2) is 0 Å². The van der Waals surface area contributed by atoms with Crippen LogP contribution in [0.25, 0.3) is 0 Å². The van der Waals surface area contributed by atoms with Crippen molar-refractivity contribution in [1.29, 1.82) is 0 Å².